The summed E-state index contributed by atoms with van der Waals surface area (Å²) in [7, 11) is 0. The zero-order chi connectivity index (χ0) is 13.7. The average Bonchev–Trinajstić information content (AvgIpc) is 2.41. The second-order valence-electron chi connectivity index (χ2n) is 3.00. The second kappa shape index (κ2) is 12.5. The summed E-state index contributed by atoms with van der Waals surface area (Å²) < 4.78 is 0. The Bertz CT molecular complexity index is 416. The van der Waals surface area contributed by atoms with Crippen molar-refractivity contribution in [2.45, 2.75) is 34.1 Å². The highest BCUT2D eigenvalue weighted by atomic mass is 14.7. The van der Waals surface area contributed by atoms with Gasteiger partial charge in [-0.15, -0.1) is 12.8 Å². The standard InChI is InChI=1S/C11H16N2.C2H6.C2H2/c1-3-10-7-6-9(2)13-11(10)5-4-8-12;2*1-2/h3,5-7H,4,8,12H2,1-2H3;1-2H3;1-2H/b10-3-,11-5+;;. The molecule has 0 radical (unpaired) electrons. The number of aromatic nitrogens is 1. The molecule has 0 aliphatic heterocycles. The molecule has 94 valence electrons. The first-order chi connectivity index (χ1) is 8.27. The Kier molecular flexibility index (Phi) is 13.1. The Labute approximate surface area is 105 Å². The summed E-state index contributed by atoms with van der Waals surface area (Å²) in [6.07, 6.45) is 13.0. The Morgan fingerprint density at radius 2 is 1.88 bits per heavy atom. The van der Waals surface area contributed by atoms with Crippen LogP contribution in [-0.4, -0.2) is 11.5 Å². The van der Waals surface area contributed by atoms with Crippen LogP contribution in [0.1, 0.15) is 32.9 Å². The summed E-state index contributed by atoms with van der Waals surface area (Å²) in [5, 5.41) is 2.23. The Morgan fingerprint density at radius 3 is 2.35 bits per heavy atom. The van der Waals surface area contributed by atoms with Crippen LogP contribution in [0.4, 0.5) is 0 Å². The van der Waals surface area contributed by atoms with Crippen molar-refractivity contribution in [1.29, 1.82) is 0 Å². The SMILES string of the molecule is C#C.C/C=c1/ccc(C)n/c1=C/CCN.CC. The van der Waals surface area contributed by atoms with Gasteiger partial charge in [-0.3, -0.25) is 4.98 Å². The molecule has 0 aliphatic carbocycles. The largest absolute Gasteiger partial charge is 0.330 e. The molecule has 0 fully saturated rings. The summed E-state index contributed by atoms with van der Waals surface area (Å²) in [6.45, 7) is 8.70. The molecule has 2 N–H and O–H groups in total. The number of rotatable bonds is 2. The van der Waals surface area contributed by atoms with Crippen molar-refractivity contribution in [1.82, 2.24) is 4.98 Å². The Hall–Kier alpha value is -1.59. The van der Waals surface area contributed by atoms with Crippen molar-refractivity contribution in [3.05, 3.63) is 28.4 Å². The molecule has 1 heterocycles. The minimum absolute atomic E-state index is 0.679. The van der Waals surface area contributed by atoms with Crippen molar-refractivity contribution in [3.8, 4) is 12.8 Å². The molecule has 2 nitrogen and oxygen atoms in total. The van der Waals surface area contributed by atoms with Gasteiger partial charge in [-0.2, -0.15) is 0 Å². The van der Waals surface area contributed by atoms with E-state index in [0.29, 0.717) is 6.54 Å². The fourth-order valence-electron chi connectivity index (χ4n) is 1.22. The van der Waals surface area contributed by atoms with E-state index < -0.39 is 0 Å². The number of terminal acetylenes is 1. The van der Waals surface area contributed by atoms with E-state index in [2.05, 4.69) is 36.0 Å². The van der Waals surface area contributed by atoms with Crippen LogP contribution in [0.25, 0.3) is 12.2 Å². The van der Waals surface area contributed by atoms with E-state index in [9.17, 15) is 0 Å². The predicted molar refractivity (Wildman–Crippen MR) is 77.7 cm³/mol. The van der Waals surface area contributed by atoms with Gasteiger partial charge in [0.25, 0.3) is 0 Å². The number of aryl methyl sites for hydroxylation is 1. The lowest BCUT2D eigenvalue weighted by atomic mass is 10.2. The highest BCUT2D eigenvalue weighted by Crippen LogP contribution is 1.81. The van der Waals surface area contributed by atoms with Crippen LogP contribution in [0.2, 0.25) is 0 Å². The van der Waals surface area contributed by atoms with Gasteiger partial charge in [0.15, 0.2) is 0 Å². The van der Waals surface area contributed by atoms with E-state index in [-0.39, 0.29) is 0 Å². The number of nitrogens with two attached hydrogens (primary N) is 1. The maximum absolute atomic E-state index is 5.44. The van der Waals surface area contributed by atoms with Gasteiger partial charge in [-0.1, -0.05) is 32.1 Å². The first kappa shape index (κ1) is 17.8. The van der Waals surface area contributed by atoms with E-state index in [4.69, 9.17) is 5.73 Å². The highest BCUT2D eigenvalue weighted by molar-refractivity contribution is 5.27. The van der Waals surface area contributed by atoms with E-state index >= 15 is 0 Å². The van der Waals surface area contributed by atoms with Gasteiger partial charge in [0.1, 0.15) is 0 Å². The van der Waals surface area contributed by atoms with Crippen LogP contribution in [-0.2, 0) is 0 Å². The number of pyridine rings is 1. The van der Waals surface area contributed by atoms with Gasteiger partial charge in [-0.05, 0) is 38.1 Å². The van der Waals surface area contributed by atoms with Gasteiger partial charge < -0.3 is 5.73 Å². The van der Waals surface area contributed by atoms with E-state index in [1.807, 2.05) is 33.8 Å². The molecule has 1 aromatic rings. The minimum Gasteiger partial charge on any atom is -0.330 e. The van der Waals surface area contributed by atoms with Gasteiger partial charge in [0.2, 0.25) is 0 Å². The number of hydrogen-bond donors (Lipinski definition) is 1. The van der Waals surface area contributed by atoms with Crippen LogP contribution in [0.15, 0.2) is 12.1 Å². The van der Waals surface area contributed by atoms with E-state index in [1.54, 1.807) is 0 Å². The second-order valence-corrected chi connectivity index (χ2v) is 3.00. The smallest absolute Gasteiger partial charge is 0.0662 e. The quantitative estimate of drug-likeness (QED) is 0.787. The summed E-state index contributed by atoms with van der Waals surface area (Å²) in [5.41, 5.74) is 6.49. The molecular weight excluding hydrogens is 208 g/mol. The van der Waals surface area contributed by atoms with Crippen molar-refractivity contribution in [2.24, 2.45) is 5.73 Å². The summed E-state index contributed by atoms with van der Waals surface area (Å²) in [6, 6.07) is 4.11. The lowest BCUT2D eigenvalue weighted by molar-refractivity contribution is 1.03. The van der Waals surface area contributed by atoms with Crippen LogP contribution >= 0.6 is 0 Å². The van der Waals surface area contributed by atoms with Crippen LogP contribution in [0, 0.1) is 19.8 Å². The van der Waals surface area contributed by atoms with Gasteiger partial charge >= 0.3 is 0 Å². The summed E-state index contributed by atoms with van der Waals surface area (Å²) >= 11 is 0. The maximum Gasteiger partial charge on any atom is 0.0662 e. The topological polar surface area (TPSA) is 38.9 Å². The lowest BCUT2D eigenvalue weighted by Crippen LogP contribution is -2.28. The predicted octanol–water partition coefficient (Wildman–Crippen LogP) is 1.60. The molecule has 0 atom stereocenters. The molecule has 0 saturated heterocycles. The van der Waals surface area contributed by atoms with Crippen molar-refractivity contribution >= 4 is 12.2 Å². The van der Waals surface area contributed by atoms with Crippen LogP contribution in [0.5, 0.6) is 0 Å². The van der Waals surface area contributed by atoms with Gasteiger partial charge in [0, 0.05) is 5.69 Å². The van der Waals surface area contributed by atoms with Crippen molar-refractivity contribution in [2.75, 3.05) is 6.54 Å². The van der Waals surface area contributed by atoms with E-state index in [1.165, 1.54) is 5.22 Å². The normalized spacial score (nSPS) is 11.0. The molecule has 2 heteroatoms. The lowest BCUT2D eigenvalue weighted by Gasteiger charge is -1.93. The minimum atomic E-state index is 0.679. The molecule has 1 rings (SSSR count). The molecule has 0 aromatic carbocycles. The number of nitrogens with zero attached hydrogens (tertiary/aromatic N) is 1. The molecular formula is C15H24N2. The zero-order valence-electron chi connectivity index (χ0n) is 11.4. The van der Waals surface area contributed by atoms with E-state index in [0.717, 1.165) is 17.5 Å². The molecule has 0 spiro atoms. The highest BCUT2D eigenvalue weighted by Gasteiger charge is 1.87. The Balaban J connectivity index is 0. The number of hydrogen-bond acceptors (Lipinski definition) is 2. The van der Waals surface area contributed by atoms with Crippen molar-refractivity contribution in [3.63, 3.8) is 0 Å². The average molecular weight is 232 g/mol. The molecule has 1 aromatic heterocycles. The Morgan fingerprint density at radius 1 is 1.29 bits per heavy atom. The summed E-state index contributed by atoms with van der Waals surface area (Å²) in [5.74, 6) is 0. The zero-order valence-corrected chi connectivity index (χ0v) is 11.4. The molecule has 0 aliphatic rings. The molecule has 0 unspecified atom stereocenters. The monoisotopic (exact) mass is 232 g/mol. The first-order valence-electron chi connectivity index (χ1n) is 5.91. The molecule has 0 bridgehead atoms. The maximum atomic E-state index is 5.44. The third-order valence-electron chi connectivity index (χ3n) is 1.91. The van der Waals surface area contributed by atoms with Gasteiger partial charge in [0.05, 0.1) is 5.35 Å². The first-order valence-corrected chi connectivity index (χ1v) is 5.91. The fraction of sp³-hybridized carbons (Fsp3) is 0.400. The summed E-state index contributed by atoms with van der Waals surface area (Å²) in [4.78, 5) is 4.44. The van der Waals surface area contributed by atoms with Crippen LogP contribution < -0.4 is 16.3 Å². The third kappa shape index (κ3) is 7.32. The van der Waals surface area contributed by atoms with Gasteiger partial charge in [-0.25, -0.2) is 0 Å². The fourth-order valence-corrected chi connectivity index (χ4v) is 1.22. The third-order valence-corrected chi connectivity index (χ3v) is 1.91. The molecule has 0 saturated carbocycles. The molecule has 17 heavy (non-hydrogen) atoms. The molecule has 0 amide bonds. The van der Waals surface area contributed by atoms with Crippen molar-refractivity contribution < 1.29 is 0 Å². The van der Waals surface area contributed by atoms with Crippen LogP contribution in [0.3, 0.4) is 0 Å².